The second kappa shape index (κ2) is 6.83. The van der Waals surface area contributed by atoms with Gasteiger partial charge < -0.3 is 9.47 Å². The smallest absolute Gasteiger partial charge is 0.223 e. The second-order valence-corrected chi connectivity index (χ2v) is 7.02. The zero-order chi connectivity index (χ0) is 18.1. The van der Waals surface area contributed by atoms with Crippen molar-refractivity contribution in [3.63, 3.8) is 0 Å². The lowest BCUT2D eigenvalue weighted by atomic mass is 10.00. The second-order valence-electron chi connectivity index (χ2n) is 7.02. The van der Waals surface area contributed by atoms with Crippen LogP contribution in [0.15, 0.2) is 66.9 Å². The zero-order valence-corrected chi connectivity index (χ0v) is 15.4. The first-order chi connectivity index (χ1) is 12.7. The maximum atomic E-state index is 13.1. The molecule has 1 atom stereocenters. The number of amides is 1. The van der Waals surface area contributed by atoms with Crippen molar-refractivity contribution < 1.29 is 4.79 Å². The Kier molecular flexibility index (Phi) is 4.37. The molecule has 0 bridgehead atoms. The van der Waals surface area contributed by atoms with E-state index in [1.165, 1.54) is 11.1 Å². The molecule has 0 radical (unpaired) electrons. The lowest BCUT2D eigenvalue weighted by molar-refractivity contribution is -0.133. The van der Waals surface area contributed by atoms with Crippen LogP contribution in [-0.2, 0) is 11.3 Å². The molecule has 0 spiro atoms. The Bertz CT molecular complexity index is 923. The molecular formula is C23H24N2O. The third-order valence-electron chi connectivity index (χ3n) is 5.14. The maximum absolute atomic E-state index is 13.1. The zero-order valence-electron chi connectivity index (χ0n) is 15.4. The molecule has 1 aliphatic heterocycles. The number of aryl methyl sites for hydroxylation is 1. The minimum Gasteiger partial charge on any atom is -0.326 e. The largest absolute Gasteiger partial charge is 0.326 e. The number of rotatable bonds is 3. The minimum absolute atomic E-state index is 0.0722. The third-order valence-corrected chi connectivity index (χ3v) is 5.14. The van der Waals surface area contributed by atoms with E-state index in [9.17, 15) is 4.79 Å². The van der Waals surface area contributed by atoms with Gasteiger partial charge in [-0.1, -0.05) is 55.0 Å². The van der Waals surface area contributed by atoms with Crippen molar-refractivity contribution in [3.05, 3.63) is 89.2 Å². The fourth-order valence-electron chi connectivity index (χ4n) is 3.84. The number of carbonyl (C=O) groups is 1. The first kappa shape index (κ1) is 16.6. The van der Waals surface area contributed by atoms with Crippen LogP contribution in [0.3, 0.4) is 0 Å². The van der Waals surface area contributed by atoms with E-state index in [0.29, 0.717) is 13.0 Å². The topological polar surface area (TPSA) is 25.2 Å². The molecule has 0 saturated carbocycles. The van der Waals surface area contributed by atoms with Crippen molar-refractivity contribution >= 4 is 5.91 Å². The number of hydrogen-bond acceptors (Lipinski definition) is 1. The third kappa shape index (κ3) is 2.84. The molecule has 1 amide bonds. The summed E-state index contributed by atoms with van der Waals surface area (Å²) in [5.41, 5.74) is 5.88. The molecule has 2 aromatic carbocycles. The molecule has 0 aliphatic carbocycles. The summed E-state index contributed by atoms with van der Waals surface area (Å²) in [5.74, 6) is 0.211. The predicted octanol–water partition coefficient (Wildman–Crippen LogP) is 5.02. The van der Waals surface area contributed by atoms with Crippen LogP contribution in [0, 0.1) is 6.92 Å². The molecule has 132 valence electrons. The van der Waals surface area contributed by atoms with Gasteiger partial charge in [0.05, 0.1) is 11.7 Å². The van der Waals surface area contributed by atoms with E-state index in [-0.39, 0.29) is 11.9 Å². The van der Waals surface area contributed by atoms with E-state index >= 15 is 0 Å². The Hall–Kier alpha value is -2.81. The first-order valence-corrected chi connectivity index (χ1v) is 9.30. The van der Waals surface area contributed by atoms with E-state index in [1.54, 1.807) is 0 Å². The number of carbonyl (C=O) groups excluding carboxylic acids is 1. The van der Waals surface area contributed by atoms with Gasteiger partial charge >= 0.3 is 0 Å². The highest BCUT2D eigenvalue weighted by molar-refractivity contribution is 5.77. The molecule has 3 heteroatoms. The lowest BCUT2D eigenvalue weighted by Crippen LogP contribution is -2.34. The van der Waals surface area contributed by atoms with Gasteiger partial charge in [0.1, 0.15) is 0 Å². The van der Waals surface area contributed by atoms with Gasteiger partial charge in [-0.15, -0.1) is 0 Å². The SMILES string of the molecule is CCCC(=O)N1Cc2ccccc2-n2cccc2C1c1ccc(C)cc1. The average Bonchev–Trinajstić information content (AvgIpc) is 3.07. The lowest BCUT2D eigenvalue weighted by Gasteiger charge is -2.31. The number of benzene rings is 2. The van der Waals surface area contributed by atoms with Gasteiger partial charge in [0.15, 0.2) is 0 Å². The molecule has 0 saturated heterocycles. The molecule has 1 unspecified atom stereocenters. The van der Waals surface area contributed by atoms with Crippen molar-refractivity contribution in [2.45, 2.75) is 39.3 Å². The number of aromatic nitrogens is 1. The van der Waals surface area contributed by atoms with Crippen LogP contribution >= 0.6 is 0 Å². The van der Waals surface area contributed by atoms with Gasteiger partial charge in [0, 0.05) is 24.9 Å². The molecule has 4 rings (SSSR count). The minimum atomic E-state index is -0.0722. The van der Waals surface area contributed by atoms with Gasteiger partial charge in [-0.25, -0.2) is 0 Å². The molecule has 1 aromatic heterocycles. The van der Waals surface area contributed by atoms with E-state index in [0.717, 1.165) is 23.4 Å². The van der Waals surface area contributed by atoms with Crippen LogP contribution in [0.4, 0.5) is 0 Å². The normalized spacial score (nSPS) is 15.9. The fourth-order valence-corrected chi connectivity index (χ4v) is 3.84. The molecule has 2 heterocycles. The summed E-state index contributed by atoms with van der Waals surface area (Å²) in [6.45, 7) is 4.79. The highest BCUT2D eigenvalue weighted by Crippen LogP contribution is 2.37. The van der Waals surface area contributed by atoms with Crippen LogP contribution in [0.25, 0.3) is 5.69 Å². The standard InChI is InChI=1S/C23H24N2O/c1-3-7-22(26)25-16-19-8-4-5-9-20(19)24-15-6-10-21(24)23(25)18-13-11-17(2)12-14-18/h4-6,8-15,23H,3,7,16H2,1-2H3. The van der Waals surface area contributed by atoms with Gasteiger partial charge in [-0.3, -0.25) is 4.79 Å². The highest BCUT2D eigenvalue weighted by Gasteiger charge is 2.32. The summed E-state index contributed by atoms with van der Waals surface area (Å²) < 4.78 is 2.24. The molecule has 0 N–H and O–H groups in total. The Morgan fingerprint density at radius 3 is 2.58 bits per heavy atom. The molecular weight excluding hydrogens is 320 g/mol. The fraction of sp³-hybridized carbons (Fsp3) is 0.261. The summed E-state index contributed by atoms with van der Waals surface area (Å²) >= 11 is 0. The van der Waals surface area contributed by atoms with Crippen LogP contribution in [-0.4, -0.2) is 15.4 Å². The Morgan fingerprint density at radius 2 is 1.81 bits per heavy atom. The quantitative estimate of drug-likeness (QED) is 0.655. The number of para-hydroxylation sites is 1. The Balaban J connectivity index is 1.91. The van der Waals surface area contributed by atoms with Crippen molar-refractivity contribution in [2.24, 2.45) is 0 Å². The highest BCUT2D eigenvalue weighted by atomic mass is 16.2. The number of fused-ring (bicyclic) bond motifs is 3. The van der Waals surface area contributed by atoms with Crippen molar-refractivity contribution in [3.8, 4) is 5.69 Å². The molecule has 0 fully saturated rings. The van der Waals surface area contributed by atoms with Gasteiger partial charge in [-0.2, -0.15) is 0 Å². The summed E-state index contributed by atoms with van der Waals surface area (Å²) in [6.07, 6.45) is 3.53. The average molecular weight is 344 g/mol. The van der Waals surface area contributed by atoms with Crippen LogP contribution in [0.2, 0.25) is 0 Å². The van der Waals surface area contributed by atoms with Gasteiger partial charge in [0.2, 0.25) is 5.91 Å². The Labute approximate surface area is 154 Å². The van der Waals surface area contributed by atoms with Gasteiger partial charge in [0.25, 0.3) is 0 Å². The molecule has 1 aliphatic rings. The van der Waals surface area contributed by atoms with E-state index in [2.05, 4.69) is 85.3 Å². The number of hydrogen-bond donors (Lipinski definition) is 0. The van der Waals surface area contributed by atoms with E-state index in [1.807, 2.05) is 4.90 Å². The van der Waals surface area contributed by atoms with Gasteiger partial charge in [-0.05, 0) is 42.7 Å². The number of nitrogens with zero attached hydrogens (tertiary/aromatic N) is 2. The van der Waals surface area contributed by atoms with Crippen molar-refractivity contribution in [1.29, 1.82) is 0 Å². The van der Waals surface area contributed by atoms with E-state index in [4.69, 9.17) is 0 Å². The van der Waals surface area contributed by atoms with Crippen molar-refractivity contribution in [2.75, 3.05) is 0 Å². The molecule has 3 aromatic rings. The maximum Gasteiger partial charge on any atom is 0.223 e. The summed E-state index contributed by atoms with van der Waals surface area (Å²) in [7, 11) is 0. The summed E-state index contributed by atoms with van der Waals surface area (Å²) in [5, 5.41) is 0. The summed E-state index contributed by atoms with van der Waals surface area (Å²) in [6, 6.07) is 21.1. The van der Waals surface area contributed by atoms with E-state index < -0.39 is 0 Å². The van der Waals surface area contributed by atoms with Crippen molar-refractivity contribution in [1.82, 2.24) is 9.47 Å². The van der Waals surface area contributed by atoms with Crippen LogP contribution in [0.1, 0.15) is 48.2 Å². The van der Waals surface area contributed by atoms with Crippen LogP contribution in [0.5, 0.6) is 0 Å². The predicted molar refractivity (Wildman–Crippen MR) is 104 cm³/mol. The molecule has 3 nitrogen and oxygen atoms in total. The summed E-state index contributed by atoms with van der Waals surface area (Å²) in [4.78, 5) is 15.1. The monoisotopic (exact) mass is 344 g/mol. The Morgan fingerprint density at radius 1 is 1.04 bits per heavy atom. The van der Waals surface area contributed by atoms with Crippen LogP contribution < -0.4 is 0 Å². The molecule has 26 heavy (non-hydrogen) atoms. The first-order valence-electron chi connectivity index (χ1n) is 9.30.